The fraction of sp³-hybridized carbons (Fsp3) is 0.250. The summed E-state index contributed by atoms with van der Waals surface area (Å²) in [5.41, 5.74) is 1.81. The number of benzene rings is 1. The molecule has 0 saturated heterocycles. The summed E-state index contributed by atoms with van der Waals surface area (Å²) in [6, 6.07) is 4.47. The molecule has 0 saturated carbocycles. The number of rotatable bonds is 6. The van der Waals surface area contributed by atoms with Crippen molar-refractivity contribution >= 4 is 39.1 Å². The summed E-state index contributed by atoms with van der Waals surface area (Å²) < 4.78 is 23.0. The van der Waals surface area contributed by atoms with E-state index >= 15 is 0 Å². The van der Waals surface area contributed by atoms with E-state index in [1.807, 2.05) is 0 Å². The van der Waals surface area contributed by atoms with Gasteiger partial charge in [-0.2, -0.15) is 5.10 Å². The Bertz CT molecular complexity index is 548. The highest BCUT2D eigenvalue weighted by atomic mass is 79.9. The SMILES string of the molecule is COCC(=O)/C(=N/Nc1cccc(Br)c1F)C(=O)OC. The van der Waals surface area contributed by atoms with E-state index in [1.54, 1.807) is 6.07 Å². The number of esters is 1. The highest BCUT2D eigenvalue weighted by molar-refractivity contribution is 9.10. The van der Waals surface area contributed by atoms with Crippen LogP contribution in [0.3, 0.4) is 0 Å². The Morgan fingerprint density at radius 2 is 2.10 bits per heavy atom. The van der Waals surface area contributed by atoms with E-state index in [2.05, 4.69) is 35.9 Å². The van der Waals surface area contributed by atoms with Crippen molar-refractivity contribution in [2.45, 2.75) is 0 Å². The van der Waals surface area contributed by atoms with E-state index in [4.69, 9.17) is 0 Å². The maximum absolute atomic E-state index is 13.7. The predicted octanol–water partition coefficient (Wildman–Crippen LogP) is 1.74. The van der Waals surface area contributed by atoms with Gasteiger partial charge in [0.25, 0.3) is 0 Å². The topological polar surface area (TPSA) is 77.0 Å². The number of hydrazone groups is 1. The van der Waals surface area contributed by atoms with Gasteiger partial charge in [-0.1, -0.05) is 6.07 Å². The van der Waals surface area contributed by atoms with Gasteiger partial charge in [0.15, 0.2) is 5.82 Å². The third-order valence-electron chi connectivity index (χ3n) is 2.16. The van der Waals surface area contributed by atoms with E-state index in [0.29, 0.717) is 0 Å². The van der Waals surface area contributed by atoms with Crippen LogP contribution in [0.1, 0.15) is 0 Å². The number of halogens is 2. The van der Waals surface area contributed by atoms with E-state index < -0.39 is 23.3 Å². The lowest BCUT2D eigenvalue weighted by Gasteiger charge is -2.06. The van der Waals surface area contributed by atoms with Gasteiger partial charge in [-0.25, -0.2) is 9.18 Å². The lowest BCUT2D eigenvalue weighted by molar-refractivity contribution is -0.133. The summed E-state index contributed by atoms with van der Waals surface area (Å²) in [5.74, 6) is -2.21. The van der Waals surface area contributed by atoms with Crippen LogP contribution in [0.5, 0.6) is 0 Å². The van der Waals surface area contributed by atoms with E-state index in [1.165, 1.54) is 19.2 Å². The molecule has 0 heterocycles. The molecular weight excluding hydrogens is 335 g/mol. The number of carbonyl (C=O) groups excluding carboxylic acids is 2. The molecule has 0 aliphatic carbocycles. The number of ether oxygens (including phenoxy) is 2. The van der Waals surface area contributed by atoms with Gasteiger partial charge in [0.1, 0.15) is 6.61 Å². The molecule has 0 aliphatic rings. The van der Waals surface area contributed by atoms with Crippen LogP contribution in [-0.2, 0) is 19.1 Å². The van der Waals surface area contributed by atoms with Gasteiger partial charge in [-0.3, -0.25) is 10.2 Å². The maximum atomic E-state index is 13.7. The number of hydrogen-bond acceptors (Lipinski definition) is 6. The Morgan fingerprint density at radius 3 is 2.70 bits per heavy atom. The van der Waals surface area contributed by atoms with Crippen LogP contribution in [0, 0.1) is 5.82 Å². The van der Waals surface area contributed by atoms with E-state index in [-0.39, 0.29) is 16.8 Å². The van der Waals surface area contributed by atoms with Gasteiger partial charge in [0.05, 0.1) is 17.3 Å². The second-order valence-electron chi connectivity index (χ2n) is 3.52. The first-order chi connectivity index (χ1) is 9.51. The minimum Gasteiger partial charge on any atom is -0.464 e. The van der Waals surface area contributed by atoms with Crippen LogP contribution in [0.15, 0.2) is 27.8 Å². The van der Waals surface area contributed by atoms with Gasteiger partial charge in [-0.05, 0) is 28.1 Å². The molecule has 0 radical (unpaired) electrons. The molecular formula is C12H12BrFN2O4. The molecule has 1 rings (SSSR count). The zero-order valence-electron chi connectivity index (χ0n) is 10.8. The van der Waals surface area contributed by atoms with Crippen molar-refractivity contribution in [3.05, 3.63) is 28.5 Å². The molecule has 1 N–H and O–H groups in total. The van der Waals surface area contributed by atoms with E-state index in [0.717, 1.165) is 7.11 Å². The Balaban J connectivity index is 3.00. The third kappa shape index (κ3) is 4.10. The quantitative estimate of drug-likeness (QED) is 0.367. The van der Waals surface area contributed by atoms with Gasteiger partial charge in [-0.15, -0.1) is 0 Å². The number of Topliss-reactive ketones (excluding diaryl/α,β-unsaturated/α-hetero) is 1. The normalized spacial score (nSPS) is 11.1. The third-order valence-corrected chi connectivity index (χ3v) is 2.77. The number of anilines is 1. The second kappa shape index (κ2) is 7.71. The number of methoxy groups -OCH3 is 2. The molecule has 0 unspecified atom stereocenters. The Kier molecular flexibility index (Phi) is 6.26. The fourth-order valence-corrected chi connectivity index (χ4v) is 1.59. The van der Waals surface area contributed by atoms with Crippen molar-refractivity contribution in [3.8, 4) is 0 Å². The zero-order valence-corrected chi connectivity index (χ0v) is 12.4. The van der Waals surface area contributed by atoms with Gasteiger partial charge < -0.3 is 9.47 Å². The lowest BCUT2D eigenvalue weighted by Crippen LogP contribution is -2.29. The average Bonchev–Trinajstić information content (AvgIpc) is 2.43. The van der Waals surface area contributed by atoms with Gasteiger partial charge in [0.2, 0.25) is 11.5 Å². The maximum Gasteiger partial charge on any atom is 0.362 e. The number of nitrogens with one attached hydrogen (secondary N) is 1. The standard InChI is InChI=1S/C12H12BrFN2O4/c1-19-6-9(17)11(12(18)20-2)16-15-8-5-3-4-7(13)10(8)14/h3-5,15H,6H2,1-2H3/b16-11-. The Hall–Kier alpha value is -1.80. The molecule has 108 valence electrons. The van der Waals surface area contributed by atoms with E-state index in [9.17, 15) is 14.0 Å². The summed E-state index contributed by atoms with van der Waals surface area (Å²) >= 11 is 3.01. The van der Waals surface area contributed by atoms with Crippen molar-refractivity contribution in [3.63, 3.8) is 0 Å². The molecule has 0 aliphatic heterocycles. The van der Waals surface area contributed by atoms with Crippen LogP contribution in [0.4, 0.5) is 10.1 Å². The largest absolute Gasteiger partial charge is 0.464 e. The first-order valence-corrected chi connectivity index (χ1v) is 6.18. The first-order valence-electron chi connectivity index (χ1n) is 5.39. The summed E-state index contributed by atoms with van der Waals surface area (Å²) in [6.07, 6.45) is 0. The Morgan fingerprint density at radius 1 is 1.40 bits per heavy atom. The highest BCUT2D eigenvalue weighted by Crippen LogP contribution is 2.22. The molecule has 20 heavy (non-hydrogen) atoms. The summed E-state index contributed by atoms with van der Waals surface area (Å²) in [6.45, 7) is -0.337. The molecule has 6 nitrogen and oxygen atoms in total. The van der Waals surface area contributed by atoms with Crippen LogP contribution in [0.2, 0.25) is 0 Å². The Labute approximate surface area is 123 Å². The van der Waals surface area contributed by atoms with Crippen LogP contribution in [-0.4, -0.2) is 38.3 Å². The minimum absolute atomic E-state index is 0.00555. The molecule has 8 heteroatoms. The average molecular weight is 347 g/mol. The monoisotopic (exact) mass is 346 g/mol. The van der Waals surface area contributed by atoms with Crippen LogP contribution in [0.25, 0.3) is 0 Å². The number of carbonyl (C=O) groups is 2. The summed E-state index contributed by atoms with van der Waals surface area (Å²) in [4.78, 5) is 23.0. The molecule has 1 aromatic rings. The molecule has 0 amide bonds. The zero-order chi connectivity index (χ0) is 15.1. The van der Waals surface area contributed by atoms with Crippen molar-refractivity contribution in [1.82, 2.24) is 0 Å². The van der Waals surface area contributed by atoms with Gasteiger partial charge >= 0.3 is 5.97 Å². The predicted molar refractivity (Wildman–Crippen MR) is 74.1 cm³/mol. The molecule has 0 bridgehead atoms. The molecule has 0 fully saturated rings. The van der Waals surface area contributed by atoms with Crippen molar-refractivity contribution in [2.75, 3.05) is 26.3 Å². The second-order valence-corrected chi connectivity index (χ2v) is 4.38. The summed E-state index contributed by atoms with van der Waals surface area (Å²) in [5, 5.41) is 3.59. The molecule has 0 aromatic heterocycles. The number of ketones is 1. The lowest BCUT2D eigenvalue weighted by atomic mass is 10.2. The van der Waals surface area contributed by atoms with Gasteiger partial charge in [0, 0.05) is 7.11 Å². The highest BCUT2D eigenvalue weighted by Gasteiger charge is 2.21. The number of hydrogen-bond donors (Lipinski definition) is 1. The van der Waals surface area contributed by atoms with Crippen molar-refractivity contribution < 1.29 is 23.5 Å². The van der Waals surface area contributed by atoms with Crippen molar-refractivity contribution in [2.24, 2.45) is 5.10 Å². The smallest absolute Gasteiger partial charge is 0.362 e. The van der Waals surface area contributed by atoms with Crippen molar-refractivity contribution in [1.29, 1.82) is 0 Å². The first kappa shape index (κ1) is 16.3. The summed E-state index contributed by atoms with van der Waals surface area (Å²) in [7, 11) is 2.41. The molecule has 0 atom stereocenters. The van der Waals surface area contributed by atoms with Crippen LogP contribution >= 0.6 is 15.9 Å². The number of nitrogens with zero attached hydrogens (tertiary/aromatic N) is 1. The molecule has 0 spiro atoms. The van der Waals surface area contributed by atoms with Crippen LogP contribution < -0.4 is 5.43 Å². The fourth-order valence-electron chi connectivity index (χ4n) is 1.22. The minimum atomic E-state index is -0.935. The molecule has 1 aromatic carbocycles.